The lowest BCUT2D eigenvalue weighted by molar-refractivity contribution is 0.147. The van der Waals surface area contributed by atoms with E-state index >= 15 is 0 Å². The molecule has 6 nitrogen and oxygen atoms in total. The Labute approximate surface area is 101 Å². The van der Waals surface area contributed by atoms with Crippen molar-refractivity contribution in [1.82, 2.24) is 9.97 Å². The van der Waals surface area contributed by atoms with Crippen LogP contribution in [0, 0.1) is 6.92 Å². The van der Waals surface area contributed by atoms with Gasteiger partial charge in [-0.05, 0) is 20.8 Å². The third-order valence-electron chi connectivity index (χ3n) is 2.44. The number of nitrogens with zero attached hydrogens (tertiary/aromatic N) is 2. The lowest BCUT2D eigenvalue weighted by Gasteiger charge is -2.27. The second kappa shape index (κ2) is 5.79. The average Bonchev–Trinajstić information content (AvgIpc) is 2.34. The minimum atomic E-state index is -0.817. The summed E-state index contributed by atoms with van der Waals surface area (Å²) in [6.07, 6.45) is 1.38. The van der Waals surface area contributed by atoms with Crippen molar-refractivity contribution in [3.05, 3.63) is 11.9 Å². The molecule has 6 heteroatoms. The van der Waals surface area contributed by atoms with Crippen LogP contribution in [0.2, 0.25) is 0 Å². The van der Waals surface area contributed by atoms with Crippen LogP contribution in [0.15, 0.2) is 6.33 Å². The lowest BCUT2D eigenvalue weighted by atomic mass is 10.1. The Hall–Kier alpha value is -1.40. The molecule has 0 aliphatic heterocycles. The van der Waals surface area contributed by atoms with Gasteiger partial charge in [0.15, 0.2) is 0 Å². The fourth-order valence-corrected chi connectivity index (χ4v) is 1.26. The average molecular weight is 241 g/mol. The number of rotatable bonds is 6. The largest absolute Gasteiger partial charge is 0.478 e. The number of anilines is 1. The zero-order valence-corrected chi connectivity index (χ0v) is 10.4. The molecule has 96 valence electrons. The van der Waals surface area contributed by atoms with Crippen LogP contribution in [0.5, 0.6) is 5.88 Å². The Morgan fingerprint density at radius 1 is 1.35 bits per heavy atom. The molecule has 0 atom stereocenters. The molecular weight excluding hydrogens is 222 g/mol. The van der Waals surface area contributed by atoms with Gasteiger partial charge in [-0.3, -0.25) is 0 Å². The first kappa shape index (κ1) is 13.7. The minimum absolute atomic E-state index is 0.198. The Balaban J connectivity index is 2.95. The molecule has 0 unspecified atom stereocenters. The highest BCUT2D eigenvalue weighted by Crippen LogP contribution is 2.23. The van der Waals surface area contributed by atoms with Crippen molar-refractivity contribution in [1.29, 1.82) is 0 Å². The summed E-state index contributed by atoms with van der Waals surface area (Å²) in [4.78, 5) is 8.09. The standard InChI is InChI=1S/C11H19N3O3/c1-4-17-10-8(2)9(12-7-13-10)14-11(3,5-15)6-16/h7,15-16H,4-6H2,1-3H3,(H,12,13,14). The minimum Gasteiger partial charge on any atom is -0.478 e. The topological polar surface area (TPSA) is 87.5 Å². The van der Waals surface area contributed by atoms with Crippen molar-refractivity contribution in [2.24, 2.45) is 0 Å². The number of nitrogens with one attached hydrogen (secondary N) is 1. The summed E-state index contributed by atoms with van der Waals surface area (Å²) in [5.41, 5.74) is -0.0646. The number of aromatic nitrogens is 2. The monoisotopic (exact) mass is 241 g/mol. The van der Waals surface area contributed by atoms with Crippen molar-refractivity contribution in [2.45, 2.75) is 26.3 Å². The first-order valence-electron chi connectivity index (χ1n) is 5.50. The van der Waals surface area contributed by atoms with Crippen molar-refractivity contribution in [2.75, 3.05) is 25.1 Å². The first-order valence-corrected chi connectivity index (χ1v) is 5.50. The summed E-state index contributed by atoms with van der Waals surface area (Å²) in [7, 11) is 0. The second-order valence-corrected chi connectivity index (χ2v) is 4.09. The zero-order chi connectivity index (χ0) is 12.9. The van der Waals surface area contributed by atoms with Crippen LogP contribution in [-0.4, -0.2) is 45.5 Å². The van der Waals surface area contributed by atoms with Crippen molar-refractivity contribution in [3.8, 4) is 5.88 Å². The number of aliphatic hydroxyl groups is 2. The van der Waals surface area contributed by atoms with Crippen LogP contribution in [0.1, 0.15) is 19.4 Å². The van der Waals surface area contributed by atoms with Crippen molar-refractivity contribution < 1.29 is 14.9 Å². The Morgan fingerprint density at radius 3 is 2.53 bits per heavy atom. The van der Waals surface area contributed by atoms with Crippen LogP contribution in [0.3, 0.4) is 0 Å². The third kappa shape index (κ3) is 3.28. The molecule has 0 radical (unpaired) electrons. The Morgan fingerprint density at radius 2 is 2.00 bits per heavy atom. The highest BCUT2D eigenvalue weighted by Gasteiger charge is 2.24. The van der Waals surface area contributed by atoms with Gasteiger partial charge >= 0.3 is 0 Å². The fraction of sp³-hybridized carbons (Fsp3) is 0.636. The summed E-state index contributed by atoms with van der Waals surface area (Å²) in [6, 6.07) is 0. The van der Waals surface area contributed by atoms with E-state index < -0.39 is 5.54 Å². The van der Waals surface area contributed by atoms with Crippen LogP contribution in [-0.2, 0) is 0 Å². The molecule has 1 heterocycles. The highest BCUT2D eigenvalue weighted by molar-refractivity contribution is 5.49. The summed E-state index contributed by atoms with van der Waals surface area (Å²) in [5.74, 6) is 1.05. The van der Waals surface area contributed by atoms with E-state index in [9.17, 15) is 10.2 Å². The molecule has 1 aromatic heterocycles. The van der Waals surface area contributed by atoms with E-state index in [1.807, 2.05) is 13.8 Å². The van der Waals surface area contributed by atoms with E-state index in [1.165, 1.54) is 6.33 Å². The SMILES string of the molecule is CCOc1ncnc(NC(C)(CO)CO)c1C. The van der Waals surface area contributed by atoms with Crippen LogP contribution in [0.25, 0.3) is 0 Å². The number of hydrogen-bond acceptors (Lipinski definition) is 6. The van der Waals surface area contributed by atoms with E-state index in [2.05, 4.69) is 15.3 Å². The van der Waals surface area contributed by atoms with Gasteiger partial charge in [0.1, 0.15) is 12.1 Å². The maximum atomic E-state index is 9.21. The van der Waals surface area contributed by atoms with Crippen LogP contribution < -0.4 is 10.1 Å². The van der Waals surface area contributed by atoms with Gasteiger partial charge in [0, 0.05) is 0 Å². The van der Waals surface area contributed by atoms with Gasteiger partial charge in [-0.25, -0.2) is 9.97 Å². The molecule has 0 spiro atoms. The molecule has 0 aliphatic carbocycles. The molecule has 1 rings (SSSR count). The lowest BCUT2D eigenvalue weighted by Crippen LogP contribution is -2.43. The van der Waals surface area contributed by atoms with Gasteiger partial charge in [0.05, 0.1) is 30.9 Å². The highest BCUT2D eigenvalue weighted by atomic mass is 16.5. The van der Waals surface area contributed by atoms with Crippen LogP contribution >= 0.6 is 0 Å². The van der Waals surface area contributed by atoms with E-state index in [0.29, 0.717) is 18.3 Å². The number of hydrogen-bond donors (Lipinski definition) is 3. The number of aliphatic hydroxyl groups excluding tert-OH is 2. The molecule has 0 fully saturated rings. The van der Waals surface area contributed by atoms with E-state index in [0.717, 1.165) is 5.56 Å². The van der Waals surface area contributed by atoms with Gasteiger partial charge < -0.3 is 20.3 Å². The van der Waals surface area contributed by atoms with Gasteiger partial charge in [0.2, 0.25) is 5.88 Å². The molecular formula is C11H19N3O3. The van der Waals surface area contributed by atoms with E-state index in [1.54, 1.807) is 6.92 Å². The third-order valence-corrected chi connectivity index (χ3v) is 2.44. The number of ether oxygens (including phenoxy) is 1. The van der Waals surface area contributed by atoms with Crippen LogP contribution in [0.4, 0.5) is 5.82 Å². The maximum Gasteiger partial charge on any atom is 0.221 e. The molecule has 0 saturated carbocycles. The Bertz CT molecular complexity index is 367. The molecule has 3 N–H and O–H groups in total. The van der Waals surface area contributed by atoms with Gasteiger partial charge in [-0.15, -0.1) is 0 Å². The molecule has 0 saturated heterocycles. The smallest absolute Gasteiger partial charge is 0.221 e. The predicted octanol–water partition coefficient (Wildman–Crippen LogP) is 0.339. The zero-order valence-electron chi connectivity index (χ0n) is 10.4. The molecule has 0 aliphatic rings. The first-order chi connectivity index (χ1) is 8.06. The predicted molar refractivity (Wildman–Crippen MR) is 64.1 cm³/mol. The molecule has 0 bridgehead atoms. The summed E-state index contributed by atoms with van der Waals surface area (Å²) >= 11 is 0. The molecule has 0 aromatic carbocycles. The summed E-state index contributed by atoms with van der Waals surface area (Å²) in [6.45, 7) is 5.53. The summed E-state index contributed by atoms with van der Waals surface area (Å²) < 4.78 is 5.34. The fourth-order valence-electron chi connectivity index (χ4n) is 1.26. The second-order valence-electron chi connectivity index (χ2n) is 4.09. The van der Waals surface area contributed by atoms with E-state index in [-0.39, 0.29) is 13.2 Å². The summed E-state index contributed by atoms with van der Waals surface area (Å²) in [5, 5.41) is 21.4. The van der Waals surface area contributed by atoms with Gasteiger partial charge in [-0.2, -0.15) is 0 Å². The van der Waals surface area contributed by atoms with Crippen molar-refractivity contribution in [3.63, 3.8) is 0 Å². The molecule has 17 heavy (non-hydrogen) atoms. The normalized spacial score (nSPS) is 11.4. The molecule has 1 aromatic rings. The molecule has 0 amide bonds. The Kier molecular flexibility index (Phi) is 4.65. The quantitative estimate of drug-likeness (QED) is 0.665. The van der Waals surface area contributed by atoms with Crippen molar-refractivity contribution >= 4 is 5.82 Å². The van der Waals surface area contributed by atoms with Gasteiger partial charge in [-0.1, -0.05) is 0 Å². The maximum absolute atomic E-state index is 9.21. The van der Waals surface area contributed by atoms with E-state index in [4.69, 9.17) is 4.74 Å². The van der Waals surface area contributed by atoms with Gasteiger partial charge in [0.25, 0.3) is 0 Å².